The lowest BCUT2D eigenvalue weighted by molar-refractivity contribution is 0.0947. The van der Waals surface area contributed by atoms with Crippen LogP contribution in [-0.4, -0.2) is 49.6 Å². The van der Waals surface area contributed by atoms with Crippen molar-refractivity contribution in [3.8, 4) is 0 Å². The first-order valence-electron chi connectivity index (χ1n) is 12.0. The van der Waals surface area contributed by atoms with Crippen molar-refractivity contribution in [2.45, 2.75) is 33.2 Å². The van der Waals surface area contributed by atoms with Crippen LogP contribution in [0.3, 0.4) is 0 Å². The fraction of sp³-hybridized carbons (Fsp3) is 0.345. The van der Waals surface area contributed by atoms with Crippen molar-refractivity contribution in [3.05, 3.63) is 101 Å². The summed E-state index contributed by atoms with van der Waals surface area (Å²) in [6.45, 7) is 11.1. The second-order valence-corrected chi connectivity index (χ2v) is 9.30. The number of benzene rings is 3. The minimum Gasteiger partial charge on any atom is -0.366 e. The molecule has 3 aromatic carbocycles. The van der Waals surface area contributed by atoms with Crippen molar-refractivity contribution >= 4 is 11.6 Å². The van der Waals surface area contributed by atoms with Gasteiger partial charge < -0.3 is 10.2 Å². The van der Waals surface area contributed by atoms with E-state index in [1.165, 1.54) is 27.9 Å². The highest BCUT2D eigenvalue weighted by Gasteiger charge is 2.23. The summed E-state index contributed by atoms with van der Waals surface area (Å²) in [6.07, 6.45) is 0.885. The highest BCUT2D eigenvalue weighted by molar-refractivity contribution is 5.94. The molecular formula is C29H35N3O. The van der Waals surface area contributed by atoms with E-state index in [2.05, 4.69) is 96.6 Å². The zero-order valence-electron chi connectivity index (χ0n) is 20.1. The van der Waals surface area contributed by atoms with Crippen LogP contribution < -0.4 is 10.2 Å². The summed E-state index contributed by atoms with van der Waals surface area (Å²) in [4.78, 5) is 17.5. The molecule has 3 aromatic rings. The number of rotatable bonds is 7. The number of hydrogen-bond acceptors (Lipinski definition) is 3. The predicted molar refractivity (Wildman–Crippen MR) is 137 cm³/mol. The van der Waals surface area contributed by atoms with Gasteiger partial charge in [-0.1, -0.05) is 54.1 Å². The normalized spacial score (nSPS) is 16.6. The third-order valence-corrected chi connectivity index (χ3v) is 6.47. The molecule has 1 N–H and O–H groups in total. The molecule has 4 nitrogen and oxygen atoms in total. The Kier molecular flexibility index (Phi) is 7.46. The van der Waals surface area contributed by atoms with Gasteiger partial charge in [0.1, 0.15) is 0 Å². The number of aryl methyl sites for hydroxylation is 2. The molecule has 0 aromatic heterocycles. The molecule has 33 heavy (non-hydrogen) atoms. The van der Waals surface area contributed by atoms with Crippen molar-refractivity contribution < 1.29 is 4.79 Å². The number of nitrogens with one attached hydrogen (secondary N) is 1. The zero-order chi connectivity index (χ0) is 23.2. The van der Waals surface area contributed by atoms with E-state index < -0.39 is 0 Å². The maximum Gasteiger partial charge on any atom is 0.251 e. The van der Waals surface area contributed by atoms with E-state index in [1.54, 1.807) is 0 Å². The van der Waals surface area contributed by atoms with Gasteiger partial charge in [0.25, 0.3) is 5.91 Å². The van der Waals surface area contributed by atoms with Gasteiger partial charge in [-0.05, 0) is 68.1 Å². The SMILES string of the molecule is Cc1cccc(Cc2ccc(C(=O)NCCN3CCN(c4cccc(C)c4)C(C)C3)cc2)c1. The van der Waals surface area contributed by atoms with E-state index in [-0.39, 0.29) is 5.91 Å². The Hall–Kier alpha value is -3.11. The first-order valence-corrected chi connectivity index (χ1v) is 12.0. The highest BCUT2D eigenvalue weighted by Crippen LogP contribution is 2.21. The lowest BCUT2D eigenvalue weighted by atomic mass is 10.0. The Labute approximate surface area is 198 Å². The Morgan fingerprint density at radius 1 is 0.909 bits per heavy atom. The van der Waals surface area contributed by atoms with Crippen LogP contribution in [0, 0.1) is 13.8 Å². The summed E-state index contributed by atoms with van der Waals surface area (Å²) in [7, 11) is 0. The van der Waals surface area contributed by atoms with Gasteiger partial charge in [-0.15, -0.1) is 0 Å². The van der Waals surface area contributed by atoms with Crippen molar-refractivity contribution in [3.63, 3.8) is 0 Å². The van der Waals surface area contributed by atoms with Gasteiger partial charge in [0, 0.05) is 50.0 Å². The summed E-state index contributed by atoms with van der Waals surface area (Å²) in [5.74, 6) is 0.00329. The van der Waals surface area contributed by atoms with Crippen LogP contribution in [0.4, 0.5) is 5.69 Å². The molecular weight excluding hydrogens is 406 g/mol. The van der Waals surface area contributed by atoms with Crippen molar-refractivity contribution in [1.82, 2.24) is 10.2 Å². The summed E-state index contributed by atoms with van der Waals surface area (Å²) in [5.41, 5.74) is 7.12. The summed E-state index contributed by atoms with van der Waals surface area (Å²) >= 11 is 0. The van der Waals surface area contributed by atoms with Crippen molar-refractivity contribution in [2.24, 2.45) is 0 Å². The van der Waals surface area contributed by atoms with E-state index in [9.17, 15) is 4.79 Å². The smallest absolute Gasteiger partial charge is 0.251 e. The molecule has 4 rings (SSSR count). The number of carbonyl (C=O) groups excluding carboxylic acids is 1. The van der Waals surface area contributed by atoms with E-state index in [4.69, 9.17) is 0 Å². The number of piperazine rings is 1. The van der Waals surface area contributed by atoms with Gasteiger partial charge in [0.2, 0.25) is 0 Å². The second kappa shape index (κ2) is 10.7. The Bertz CT molecular complexity index is 1080. The van der Waals surface area contributed by atoms with Gasteiger partial charge in [0.15, 0.2) is 0 Å². The number of nitrogens with zero attached hydrogens (tertiary/aromatic N) is 2. The molecule has 1 heterocycles. The van der Waals surface area contributed by atoms with Crippen LogP contribution in [0.5, 0.6) is 0 Å². The largest absolute Gasteiger partial charge is 0.366 e. The summed E-state index contributed by atoms with van der Waals surface area (Å²) in [5, 5.41) is 3.09. The van der Waals surface area contributed by atoms with Crippen molar-refractivity contribution in [1.29, 1.82) is 0 Å². The van der Waals surface area contributed by atoms with Gasteiger partial charge >= 0.3 is 0 Å². The first-order chi connectivity index (χ1) is 16.0. The molecule has 1 unspecified atom stereocenters. The number of amides is 1. The van der Waals surface area contributed by atoms with Gasteiger partial charge in [-0.3, -0.25) is 9.69 Å². The fourth-order valence-corrected chi connectivity index (χ4v) is 4.69. The fourth-order valence-electron chi connectivity index (χ4n) is 4.69. The highest BCUT2D eigenvalue weighted by atomic mass is 16.1. The molecule has 1 atom stereocenters. The summed E-state index contributed by atoms with van der Waals surface area (Å²) < 4.78 is 0. The number of anilines is 1. The lowest BCUT2D eigenvalue weighted by Gasteiger charge is -2.41. The minimum atomic E-state index is 0.00329. The lowest BCUT2D eigenvalue weighted by Crippen LogP contribution is -2.53. The number of carbonyl (C=O) groups is 1. The zero-order valence-corrected chi connectivity index (χ0v) is 20.1. The predicted octanol–water partition coefficient (Wildman–Crippen LogP) is 4.83. The van der Waals surface area contributed by atoms with Gasteiger partial charge in [-0.25, -0.2) is 0 Å². The van der Waals surface area contributed by atoms with Crippen LogP contribution >= 0.6 is 0 Å². The van der Waals surface area contributed by atoms with E-state index >= 15 is 0 Å². The topological polar surface area (TPSA) is 35.6 Å². The van der Waals surface area contributed by atoms with Crippen LogP contribution in [0.2, 0.25) is 0 Å². The monoisotopic (exact) mass is 441 g/mol. The molecule has 1 aliphatic rings. The summed E-state index contributed by atoms with van der Waals surface area (Å²) in [6, 6.07) is 25.7. The average molecular weight is 442 g/mol. The quantitative estimate of drug-likeness (QED) is 0.570. The third-order valence-electron chi connectivity index (χ3n) is 6.47. The van der Waals surface area contributed by atoms with Crippen molar-refractivity contribution in [2.75, 3.05) is 37.6 Å². The molecule has 0 aliphatic carbocycles. The molecule has 1 saturated heterocycles. The molecule has 172 valence electrons. The maximum absolute atomic E-state index is 12.6. The van der Waals surface area contributed by atoms with Crippen LogP contribution in [0.15, 0.2) is 72.8 Å². The molecule has 0 spiro atoms. The number of hydrogen-bond donors (Lipinski definition) is 1. The van der Waals surface area contributed by atoms with E-state index in [0.717, 1.165) is 38.2 Å². The molecule has 1 aliphatic heterocycles. The third kappa shape index (κ3) is 6.23. The van der Waals surface area contributed by atoms with Crippen LogP contribution in [0.25, 0.3) is 0 Å². The van der Waals surface area contributed by atoms with E-state index in [1.807, 2.05) is 12.1 Å². The molecule has 0 bridgehead atoms. The molecule has 0 saturated carbocycles. The molecule has 1 fully saturated rings. The maximum atomic E-state index is 12.6. The Morgan fingerprint density at radius 2 is 1.64 bits per heavy atom. The Balaban J connectivity index is 1.22. The molecule has 1 amide bonds. The molecule has 0 radical (unpaired) electrons. The average Bonchev–Trinajstić information content (AvgIpc) is 2.79. The Morgan fingerprint density at radius 3 is 2.33 bits per heavy atom. The van der Waals surface area contributed by atoms with Crippen LogP contribution in [-0.2, 0) is 6.42 Å². The van der Waals surface area contributed by atoms with Gasteiger partial charge in [0.05, 0.1) is 0 Å². The standard InChI is InChI=1S/C29H35N3O/c1-22-6-4-8-26(18-22)20-25-10-12-27(13-11-25)29(33)30-14-15-31-16-17-32(24(3)21-31)28-9-5-7-23(2)19-28/h4-13,18-19,24H,14-17,20-21H2,1-3H3,(H,30,33). The second-order valence-electron chi connectivity index (χ2n) is 9.30. The minimum absolute atomic E-state index is 0.00329. The first kappa shape index (κ1) is 23.1. The van der Waals surface area contributed by atoms with Gasteiger partial charge in [-0.2, -0.15) is 0 Å². The molecule has 4 heteroatoms. The van der Waals surface area contributed by atoms with Crippen LogP contribution in [0.1, 0.15) is 39.5 Å². The van der Waals surface area contributed by atoms with E-state index in [0.29, 0.717) is 12.6 Å².